The van der Waals surface area contributed by atoms with Crippen LogP contribution in [0, 0.1) is 0 Å². The molecule has 1 atom stereocenters. The van der Waals surface area contributed by atoms with Gasteiger partial charge in [0.25, 0.3) is 0 Å². The molecule has 0 bridgehead atoms. The quantitative estimate of drug-likeness (QED) is 0.0262. The minimum absolute atomic E-state index is 0.0705. The summed E-state index contributed by atoms with van der Waals surface area (Å²) in [6.45, 7) is 6.66. The van der Waals surface area contributed by atoms with Gasteiger partial charge in [-0.15, -0.1) is 0 Å². The number of ether oxygens (including phenoxy) is 3. The van der Waals surface area contributed by atoms with E-state index in [0.717, 1.165) is 64.2 Å². The Morgan fingerprint density at radius 3 is 0.833 bits per heavy atom. The predicted octanol–water partition coefficient (Wildman–Crippen LogP) is 19.5. The molecule has 0 fully saturated rings. The summed E-state index contributed by atoms with van der Waals surface area (Å²) >= 11 is 0. The molecule has 0 saturated carbocycles. The van der Waals surface area contributed by atoms with Crippen LogP contribution in [-0.4, -0.2) is 37.2 Å². The summed E-state index contributed by atoms with van der Waals surface area (Å²) in [5, 5.41) is 0. The van der Waals surface area contributed by atoms with Crippen molar-refractivity contribution in [3.63, 3.8) is 0 Å². The topological polar surface area (TPSA) is 78.9 Å². The predicted molar refractivity (Wildman–Crippen MR) is 284 cm³/mol. The van der Waals surface area contributed by atoms with Gasteiger partial charge < -0.3 is 14.2 Å². The van der Waals surface area contributed by atoms with Gasteiger partial charge in [-0.1, -0.05) is 283 Å². The van der Waals surface area contributed by atoms with Crippen LogP contribution in [0.15, 0.2) is 24.3 Å². The monoisotopic (exact) mass is 929 g/mol. The van der Waals surface area contributed by atoms with E-state index in [-0.39, 0.29) is 31.1 Å². The number of hydrogen-bond donors (Lipinski definition) is 0. The highest BCUT2D eigenvalue weighted by molar-refractivity contribution is 5.71. The van der Waals surface area contributed by atoms with E-state index in [2.05, 4.69) is 45.1 Å². The molecule has 0 aliphatic rings. The summed E-state index contributed by atoms with van der Waals surface area (Å²) in [5.74, 6) is -0.859. The van der Waals surface area contributed by atoms with Crippen LogP contribution in [0.1, 0.15) is 323 Å². The third-order valence-corrected chi connectivity index (χ3v) is 13.2. The van der Waals surface area contributed by atoms with Crippen molar-refractivity contribution in [2.45, 2.75) is 329 Å². The lowest BCUT2D eigenvalue weighted by Crippen LogP contribution is -2.30. The maximum atomic E-state index is 12.8. The van der Waals surface area contributed by atoms with Crippen LogP contribution in [0.4, 0.5) is 0 Å². The first-order valence-corrected chi connectivity index (χ1v) is 29.4. The summed E-state index contributed by atoms with van der Waals surface area (Å²) in [5.41, 5.74) is 0. The smallest absolute Gasteiger partial charge is 0.306 e. The van der Waals surface area contributed by atoms with Gasteiger partial charge in [-0.2, -0.15) is 0 Å². The van der Waals surface area contributed by atoms with E-state index in [0.29, 0.717) is 19.3 Å². The van der Waals surface area contributed by atoms with Crippen molar-refractivity contribution in [1.29, 1.82) is 0 Å². The number of hydrogen-bond acceptors (Lipinski definition) is 6. The number of carbonyl (C=O) groups is 3. The molecule has 0 aromatic heterocycles. The molecule has 388 valence electrons. The molecule has 0 heterocycles. The van der Waals surface area contributed by atoms with E-state index in [9.17, 15) is 14.4 Å². The average molecular weight is 930 g/mol. The van der Waals surface area contributed by atoms with Crippen LogP contribution in [-0.2, 0) is 28.6 Å². The van der Waals surface area contributed by atoms with E-state index in [1.165, 1.54) is 218 Å². The van der Waals surface area contributed by atoms with Crippen molar-refractivity contribution >= 4 is 17.9 Å². The minimum atomic E-state index is -0.772. The van der Waals surface area contributed by atoms with E-state index in [1.807, 2.05) is 0 Å². The minimum Gasteiger partial charge on any atom is -0.462 e. The zero-order valence-electron chi connectivity index (χ0n) is 44.5. The largest absolute Gasteiger partial charge is 0.462 e. The maximum absolute atomic E-state index is 12.8. The lowest BCUT2D eigenvalue weighted by Gasteiger charge is -2.18. The van der Waals surface area contributed by atoms with Crippen molar-refractivity contribution in [1.82, 2.24) is 0 Å². The molecule has 0 spiro atoms. The van der Waals surface area contributed by atoms with E-state index in [1.54, 1.807) is 0 Å². The molecule has 0 N–H and O–H groups in total. The van der Waals surface area contributed by atoms with Crippen LogP contribution in [0.25, 0.3) is 0 Å². The Balaban J connectivity index is 4.32. The van der Waals surface area contributed by atoms with Gasteiger partial charge in [-0.05, 0) is 44.9 Å². The highest BCUT2D eigenvalue weighted by atomic mass is 16.6. The van der Waals surface area contributed by atoms with Gasteiger partial charge in [-0.3, -0.25) is 14.4 Å². The third-order valence-electron chi connectivity index (χ3n) is 13.2. The van der Waals surface area contributed by atoms with Crippen LogP contribution in [0.3, 0.4) is 0 Å². The Morgan fingerprint density at radius 2 is 0.530 bits per heavy atom. The summed E-state index contributed by atoms with van der Waals surface area (Å²) in [6, 6.07) is 0. The zero-order chi connectivity index (χ0) is 47.9. The number of carbonyl (C=O) groups excluding carboxylic acids is 3. The van der Waals surface area contributed by atoms with Gasteiger partial charge in [0.2, 0.25) is 0 Å². The zero-order valence-corrected chi connectivity index (χ0v) is 44.5. The second kappa shape index (κ2) is 55.5. The number of rotatable bonds is 54. The highest BCUT2D eigenvalue weighted by Crippen LogP contribution is 2.17. The normalized spacial score (nSPS) is 12.1. The first kappa shape index (κ1) is 63.9. The summed E-state index contributed by atoms with van der Waals surface area (Å²) < 4.78 is 16.9. The Hall–Kier alpha value is -2.11. The molecule has 6 nitrogen and oxygen atoms in total. The summed E-state index contributed by atoms with van der Waals surface area (Å²) in [7, 11) is 0. The van der Waals surface area contributed by atoms with Crippen molar-refractivity contribution in [3.05, 3.63) is 24.3 Å². The van der Waals surface area contributed by atoms with Crippen molar-refractivity contribution in [2.24, 2.45) is 0 Å². The highest BCUT2D eigenvalue weighted by Gasteiger charge is 2.19. The van der Waals surface area contributed by atoms with Gasteiger partial charge in [0.15, 0.2) is 6.10 Å². The molecule has 6 heteroatoms. The third kappa shape index (κ3) is 52.9. The lowest BCUT2D eigenvalue weighted by molar-refractivity contribution is -0.167. The van der Waals surface area contributed by atoms with E-state index >= 15 is 0 Å². The van der Waals surface area contributed by atoms with Gasteiger partial charge in [0.05, 0.1) is 0 Å². The van der Waals surface area contributed by atoms with Crippen LogP contribution >= 0.6 is 0 Å². The van der Waals surface area contributed by atoms with Gasteiger partial charge >= 0.3 is 17.9 Å². The van der Waals surface area contributed by atoms with Crippen LogP contribution in [0.2, 0.25) is 0 Å². The SMILES string of the molecule is CCCCC/C=C\C=C/CCCCCCCCC(=O)OC(COC(=O)CCCCCCCCCCCCCCCCC)COC(=O)CCCCCCCCCCCCCCCCCCCC. The van der Waals surface area contributed by atoms with Crippen molar-refractivity contribution < 1.29 is 28.6 Å². The second-order valence-electron chi connectivity index (χ2n) is 20.0. The second-order valence-corrected chi connectivity index (χ2v) is 20.0. The number of esters is 3. The molecule has 0 aliphatic carbocycles. The first-order valence-electron chi connectivity index (χ1n) is 29.4. The van der Waals surface area contributed by atoms with Gasteiger partial charge in [0, 0.05) is 19.3 Å². The fourth-order valence-corrected chi connectivity index (χ4v) is 8.79. The van der Waals surface area contributed by atoms with Crippen molar-refractivity contribution in [3.8, 4) is 0 Å². The Bertz CT molecular complexity index is 1070. The molecule has 0 aliphatic heterocycles. The average Bonchev–Trinajstić information content (AvgIpc) is 3.31. The van der Waals surface area contributed by atoms with E-state index in [4.69, 9.17) is 14.2 Å². The molecule has 0 amide bonds. The summed E-state index contributed by atoms with van der Waals surface area (Å²) in [4.78, 5) is 38.2. The number of unbranched alkanes of at least 4 members (excludes halogenated alkanes) is 40. The van der Waals surface area contributed by atoms with Crippen LogP contribution in [0.5, 0.6) is 0 Å². The molecule has 0 radical (unpaired) electrons. The van der Waals surface area contributed by atoms with E-state index < -0.39 is 6.10 Å². The molecule has 0 rings (SSSR count). The molecule has 0 aromatic rings. The lowest BCUT2D eigenvalue weighted by atomic mass is 10.0. The summed E-state index contributed by atoms with van der Waals surface area (Å²) in [6.07, 6.45) is 64.5. The fourth-order valence-electron chi connectivity index (χ4n) is 8.79. The fraction of sp³-hybridized carbons (Fsp3) is 0.883. The van der Waals surface area contributed by atoms with Crippen molar-refractivity contribution in [2.75, 3.05) is 13.2 Å². The molecule has 0 aromatic carbocycles. The standard InChI is InChI=1S/C60H112O6/c1-4-7-10-13-16-19-22-25-28-29-30-33-35-38-41-44-47-50-53-59(62)65-56-57(66-60(63)54-51-48-45-42-39-36-32-27-24-21-18-15-12-9-6-3)55-64-58(61)52-49-46-43-40-37-34-31-26-23-20-17-14-11-8-5-2/h18,21,24,27,57H,4-17,19-20,22-23,25-26,28-56H2,1-3H3/b21-18-,27-24-. The van der Waals surface area contributed by atoms with Gasteiger partial charge in [-0.25, -0.2) is 0 Å². The number of allylic oxidation sites excluding steroid dienone is 4. The van der Waals surface area contributed by atoms with Gasteiger partial charge in [0.1, 0.15) is 13.2 Å². The molecular weight excluding hydrogens is 817 g/mol. The molecular formula is C60H112O6. The first-order chi connectivity index (χ1) is 32.5. The Kier molecular flexibility index (Phi) is 53.7. The van der Waals surface area contributed by atoms with Crippen LogP contribution < -0.4 is 0 Å². The molecule has 1 unspecified atom stereocenters. The molecule has 66 heavy (non-hydrogen) atoms. The Morgan fingerprint density at radius 1 is 0.303 bits per heavy atom. The maximum Gasteiger partial charge on any atom is 0.306 e. The molecule has 0 saturated heterocycles. The Labute approximate surface area is 411 Å².